The quantitative estimate of drug-likeness (QED) is 0.0392. The number of esters is 2. The number of carbonyl (C=O) groups excluding carboxylic acids is 3. The van der Waals surface area contributed by atoms with E-state index in [1.165, 1.54) is 96.3 Å². The monoisotopic (exact) mass is 656 g/mol. The molecule has 8 heteroatoms. The Morgan fingerprint density at radius 3 is 1.37 bits per heavy atom. The Balaban J connectivity index is 4.15. The van der Waals surface area contributed by atoms with Gasteiger partial charge in [-0.05, 0) is 12.8 Å². The highest BCUT2D eigenvalue weighted by Gasteiger charge is 2.25. The standard InChI is InChI=1S/C38H73NO7/c1-6-8-10-12-13-14-15-16-17-18-19-20-21-22-23-24-25-27-29-37(41)46-34(33-45-36(40)28-26-11-9-7-2)32-44-31-30-35(38(42)43)39(3,4)5/h34-35H,6-33H2,1-5H3. The minimum Gasteiger partial charge on any atom is -0.544 e. The molecule has 46 heavy (non-hydrogen) atoms. The number of unbranched alkanes of at least 4 members (excludes halogenated alkanes) is 20. The van der Waals surface area contributed by atoms with Gasteiger partial charge in [-0.2, -0.15) is 0 Å². The van der Waals surface area contributed by atoms with Crippen molar-refractivity contribution in [2.24, 2.45) is 0 Å². The summed E-state index contributed by atoms with van der Waals surface area (Å²) in [6, 6.07) is -0.716. The van der Waals surface area contributed by atoms with Crippen molar-refractivity contribution in [1.82, 2.24) is 0 Å². The molecule has 0 aromatic rings. The number of hydrogen-bond acceptors (Lipinski definition) is 7. The van der Waals surface area contributed by atoms with Gasteiger partial charge in [0.25, 0.3) is 0 Å². The summed E-state index contributed by atoms with van der Waals surface area (Å²) in [5.74, 6) is -1.74. The van der Waals surface area contributed by atoms with E-state index in [9.17, 15) is 19.5 Å². The minimum atomic E-state index is -1.12. The predicted molar refractivity (Wildman–Crippen MR) is 185 cm³/mol. The van der Waals surface area contributed by atoms with Crippen LogP contribution in [0, 0.1) is 0 Å². The van der Waals surface area contributed by atoms with E-state index in [0.717, 1.165) is 44.9 Å². The Morgan fingerprint density at radius 2 is 0.957 bits per heavy atom. The van der Waals surface area contributed by atoms with Gasteiger partial charge in [-0.25, -0.2) is 0 Å². The zero-order chi connectivity index (χ0) is 34.3. The molecule has 0 N–H and O–H groups in total. The first kappa shape index (κ1) is 44.3. The first-order valence-electron chi connectivity index (χ1n) is 19.1. The lowest BCUT2D eigenvalue weighted by atomic mass is 10.0. The highest BCUT2D eigenvalue weighted by Crippen LogP contribution is 2.15. The molecule has 0 aliphatic carbocycles. The summed E-state index contributed by atoms with van der Waals surface area (Å²) in [5.41, 5.74) is 0. The van der Waals surface area contributed by atoms with Gasteiger partial charge < -0.3 is 28.6 Å². The van der Waals surface area contributed by atoms with Gasteiger partial charge in [0, 0.05) is 19.3 Å². The van der Waals surface area contributed by atoms with Crippen LogP contribution in [-0.4, -0.2) is 75.5 Å². The van der Waals surface area contributed by atoms with Crippen molar-refractivity contribution < 1.29 is 38.2 Å². The van der Waals surface area contributed by atoms with Crippen LogP contribution < -0.4 is 5.11 Å². The van der Waals surface area contributed by atoms with Crippen molar-refractivity contribution in [2.45, 2.75) is 187 Å². The number of carbonyl (C=O) groups is 3. The Hall–Kier alpha value is -1.67. The number of rotatable bonds is 34. The summed E-state index contributed by atoms with van der Waals surface area (Å²) < 4.78 is 16.9. The second kappa shape index (κ2) is 30.7. The molecule has 0 bridgehead atoms. The van der Waals surface area contributed by atoms with Crippen LogP contribution in [0.25, 0.3) is 0 Å². The van der Waals surface area contributed by atoms with Crippen molar-refractivity contribution in [1.29, 1.82) is 0 Å². The van der Waals surface area contributed by atoms with Gasteiger partial charge in [-0.3, -0.25) is 9.59 Å². The normalized spacial score (nSPS) is 13.0. The predicted octanol–water partition coefficient (Wildman–Crippen LogP) is 8.08. The van der Waals surface area contributed by atoms with Gasteiger partial charge in [0.1, 0.15) is 12.6 Å². The van der Waals surface area contributed by atoms with Gasteiger partial charge in [0.15, 0.2) is 6.10 Å². The number of hydrogen-bond donors (Lipinski definition) is 0. The number of carboxylic acid groups (broad SMARTS) is 1. The van der Waals surface area contributed by atoms with Crippen molar-refractivity contribution in [3.63, 3.8) is 0 Å². The molecular weight excluding hydrogens is 582 g/mol. The smallest absolute Gasteiger partial charge is 0.306 e. The molecule has 0 aliphatic rings. The van der Waals surface area contributed by atoms with Crippen LogP contribution in [0.2, 0.25) is 0 Å². The summed E-state index contributed by atoms with van der Waals surface area (Å²) >= 11 is 0. The molecule has 0 fully saturated rings. The molecule has 0 aromatic carbocycles. The number of likely N-dealkylation sites (N-methyl/N-ethyl adjacent to an activating group) is 1. The van der Waals surface area contributed by atoms with Crippen molar-refractivity contribution in [2.75, 3.05) is 41.0 Å². The molecule has 2 atom stereocenters. The maximum Gasteiger partial charge on any atom is 0.306 e. The number of quaternary nitrogens is 1. The van der Waals surface area contributed by atoms with E-state index in [-0.39, 0.29) is 42.7 Å². The highest BCUT2D eigenvalue weighted by atomic mass is 16.6. The molecule has 0 radical (unpaired) electrons. The maximum atomic E-state index is 12.6. The summed E-state index contributed by atoms with van der Waals surface area (Å²) in [4.78, 5) is 36.3. The van der Waals surface area contributed by atoms with Gasteiger partial charge in [-0.1, -0.05) is 142 Å². The molecule has 0 heterocycles. The largest absolute Gasteiger partial charge is 0.544 e. The summed E-state index contributed by atoms with van der Waals surface area (Å²) in [5, 5.41) is 11.5. The molecular formula is C38H73NO7. The fraction of sp³-hybridized carbons (Fsp3) is 0.921. The zero-order valence-corrected chi connectivity index (χ0v) is 30.8. The first-order valence-corrected chi connectivity index (χ1v) is 19.1. The molecule has 8 nitrogen and oxygen atoms in total. The third kappa shape index (κ3) is 28.5. The van der Waals surface area contributed by atoms with E-state index in [0.29, 0.717) is 12.8 Å². The fourth-order valence-corrected chi connectivity index (χ4v) is 5.72. The average molecular weight is 656 g/mol. The second-order valence-corrected chi connectivity index (χ2v) is 14.2. The molecule has 0 rings (SSSR count). The lowest BCUT2D eigenvalue weighted by Gasteiger charge is -2.34. The van der Waals surface area contributed by atoms with E-state index in [1.807, 2.05) is 0 Å². The summed E-state index contributed by atoms with van der Waals surface area (Å²) in [6.45, 7) is 4.55. The third-order valence-corrected chi connectivity index (χ3v) is 8.74. The van der Waals surface area contributed by atoms with Crippen LogP contribution in [0.3, 0.4) is 0 Å². The van der Waals surface area contributed by atoms with Gasteiger partial charge in [0.2, 0.25) is 0 Å². The third-order valence-electron chi connectivity index (χ3n) is 8.74. The molecule has 0 spiro atoms. The van der Waals surface area contributed by atoms with Gasteiger partial charge in [-0.15, -0.1) is 0 Å². The first-order chi connectivity index (χ1) is 22.1. The second-order valence-electron chi connectivity index (χ2n) is 14.2. The SMILES string of the molecule is CCCCCCCCCCCCCCCCCCCCC(=O)OC(COCCC(C(=O)[O-])[N+](C)(C)C)COC(=O)CCCCCC. The van der Waals surface area contributed by atoms with Crippen LogP contribution in [0.1, 0.15) is 174 Å². The molecule has 0 saturated heterocycles. The van der Waals surface area contributed by atoms with E-state index < -0.39 is 18.1 Å². The van der Waals surface area contributed by atoms with Crippen LogP contribution in [-0.2, 0) is 28.6 Å². The Kier molecular flexibility index (Phi) is 29.5. The molecule has 0 aromatic heterocycles. The van der Waals surface area contributed by atoms with Crippen molar-refractivity contribution >= 4 is 17.9 Å². The number of carboxylic acids is 1. The summed E-state index contributed by atoms with van der Waals surface area (Å²) in [6.07, 6.45) is 27.5. The number of nitrogens with zero attached hydrogens (tertiary/aromatic N) is 1. The zero-order valence-electron chi connectivity index (χ0n) is 30.8. The van der Waals surface area contributed by atoms with Crippen LogP contribution in [0.15, 0.2) is 0 Å². The number of ether oxygens (including phenoxy) is 3. The highest BCUT2D eigenvalue weighted by molar-refractivity contribution is 5.70. The Bertz CT molecular complexity index is 737. The average Bonchev–Trinajstić information content (AvgIpc) is 3.00. The molecule has 2 unspecified atom stereocenters. The topological polar surface area (TPSA) is 102 Å². The molecule has 0 aliphatic heterocycles. The van der Waals surface area contributed by atoms with E-state index >= 15 is 0 Å². The molecule has 272 valence electrons. The lowest BCUT2D eigenvalue weighted by molar-refractivity contribution is -0.889. The lowest BCUT2D eigenvalue weighted by Crippen LogP contribution is -2.55. The van der Waals surface area contributed by atoms with Crippen LogP contribution in [0.4, 0.5) is 0 Å². The van der Waals surface area contributed by atoms with Gasteiger partial charge >= 0.3 is 11.9 Å². The summed E-state index contributed by atoms with van der Waals surface area (Å²) in [7, 11) is 5.39. The Labute approximate surface area is 283 Å². The van der Waals surface area contributed by atoms with Crippen molar-refractivity contribution in [3.05, 3.63) is 0 Å². The fourth-order valence-electron chi connectivity index (χ4n) is 5.72. The van der Waals surface area contributed by atoms with E-state index in [4.69, 9.17) is 14.2 Å². The molecule has 0 saturated carbocycles. The van der Waals surface area contributed by atoms with Gasteiger partial charge in [0.05, 0.1) is 40.3 Å². The van der Waals surface area contributed by atoms with E-state index in [1.54, 1.807) is 21.1 Å². The molecule has 0 amide bonds. The van der Waals surface area contributed by atoms with Crippen LogP contribution in [0.5, 0.6) is 0 Å². The maximum absolute atomic E-state index is 12.6. The Morgan fingerprint density at radius 1 is 0.565 bits per heavy atom. The minimum absolute atomic E-state index is 0.0465. The van der Waals surface area contributed by atoms with Crippen molar-refractivity contribution in [3.8, 4) is 0 Å². The van der Waals surface area contributed by atoms with Crippen LogP contribution >= 0.6 is 0 Å². The number of aliphatic carboxylic acids is 1. The van der Waals surface area contributed by atoms with E-state index in [2.05, 4.69) is 13.8 Å².